The summed E-state index contributed by atoms with van der Waals surface area (Å²) in [5.41, 5.74) is 1.80. The Morgan fingerprint density at radius 2 is 1.58 bits per heavy atom. The van der Waals surface area contributed by atoms with Crippen molar-refractivity contribution in [2.24, 2.45) is 5.92 Å². The van der Waals surface area contributed by atoms with Gasteiger partial charge >= 0.3 is 13.7 Å². The minimum Gasteiger partial charge on any atom is -0.481 e. The zero-order valence-corrected chi connectivity index (χ0v) is 35.2. The number of carbonyl (C=O) groups is 1. The molecule has 0 unspecified atom stereocenters. The number of anilines is 1. The van der Waals surface area contributed by atoms with Crippen LogP contribution in [0.3, 0.4) is 0 Å². The van der Waals surface area contributed by atoms with Crippen LogP contribution in [0, 0.1) is 5.92 Å². The molecule has 1 amide bonds. The lowest BCUT2D eigenvalue weighted by molar-refractivity contribution is -0.107. The topological polar surface area (TPSA) is 162 Å². The Bertz CT molecular complexity index is 1450. The standard InChI is InChI=1S/C33H52N3O11PS.2C2H6/c1-8-19-36(49(40,41)28-17-15-27(16-18-28)44-23-48(39,45-9-2)46-10-3)21-30(37)29(20-25-11-13-26(14-12-25)35(5)6)34-33(38)47-31-22-43-32(42-7)24(31)4;2*1-2/h11-18,24,29-32,37H,8-10,19-23H2,1-7H3,(H,34,38);2*1-2H3/t24-,29-,30+,31-,32+;;/m0../s1. The second-order valence-corrected chi connectivity index (χ2v) is 15.8. The highest BCUT2D eigenvalue weighted by Gasteiger charge is 2.38. The Morgan fingerprint density at radius 3 is 2.08 bits per heavy atom. The van der Waals surface area contributed by atoms with Crippen molar-refractivity contribution in [2.45, 2.75) is 97.7 Å². The third-order valence-corrected chi connectivity index (χ3v) is 11.6. The number of sulfonamides is 1. The van der Waals surface area contributed by atoms with Crippen LogP contribution < -0.4 is 15.0 Å². The van der Waals surface area contributed by atoms with E-state index < -0.39 is 48.3 Å². The lowest BCUT2D eigenvalue weighted by Crippen LogP contribution is -2.51. The number of nitrogens with one attached hydrogen (secondary N) is 1. The average molecular weight is 790 g/mol. The number of methoxy groups -OCH3 is 1. The SMILES string of the molecule is CC.CC.CCCN(C[C@@H](O)[C@H](Cc1ccc(N(C)C)cc1)NC(=O)O[C@H]1CO[C@@H](OC)[C@H]1C)S(=O)(=O)c1ccc(OCP(=O)(OCC)OCC)cc1. The molecule has 0 saturated carbocycles. The molecular formula is C37H64N3O11PS. The molecule has 0 spiro atoms. The van der Waals surface area contributed by atoms with Gasteiger partial charge in [-0.05, 0) is 68.7 Å². The van der Waals surface area contributed by atoms with Crippen molar-refractivity contribution in [2.75, 3.05) is 65.4 Å². The number of hydrogen-bond acceptors (Lipinski definition) is 12. The minimum atomic E-state index is -4.09. The predicted molar refractivity (Wildman–Crippen MR) is 208 cm³/mol. The van der Waals surface area contributed by atoms with E-state index in [4.69, 9.17) is 28.0 Å². The van der Waals surface area contributed by atoms with E-state index in [0.29, 0.717) is 6.42 Å². The maximum Gasteiger partial charge on any atom is 0.407 e. The molecule has 16 heteroatoms. The summed E-state index contributed by atoms with van der Waals surface area (Å²) >= 11 is 0. The number of ether oxygens (including phenoxy) is 4. The summed E-state index contributed by atoms with van der Waals surface area (Å²) in [5.74, 6) is 0.0704. The van der Waals surface area contributed by atoms with E-state index in [1.165, 1.54) is 35.7 Å². The van der Waals surface area contributed by atoms with E-state index in [0.717, 1.165) is 11.3 Å². The maximum absolute atomic E-state index is 13.8. The Kier molecular flexibility index (Phi) is 22.4. The molecule has 0 bridgehead atoms. The van der Waals surface area contributed by atoms with Crippen molar-refractivity contribution >= 4 is 29.4 Å². The molecule has 304 valence electrons. The molecule has 0 aromatic heterocycles. The van der Waals surface area contributed by atoms with Gasteiger partial charge in [0.25, 0.3) is 0 Å². The predicted octanol–water partition coefficient (Wildman–Crippen LogP) is 6.51. The summed E-state index contributed by atoms with van der Waals surface area (Å²) in [6, 6.07) is 12.4. The first kappa shape index (κ1) is 48.3. The molecular weight excluding hydrogens is 725 g/mol. The number of aliphatic hydroxyl groups excluding tert-OH is 1. The molecule has 1 heterocycles. The lowest BCUT2D eigenvalue weighted by atomic mass is 10.0. The molecule has 2 N–H and O–H groups in total. The number of hydrogen-bond donors (Lipinski definition) is 2. The van der Waals surface area contributed by atoms with Crippen molar-refractivity contribution in [3.8, 4) is 5.75 Å². The van der Waals surface area contributed by atoms with E-state index >= 15 is 0 Å². The highest BCUT2D eigenvalue weighted by atomic mass is 32.2. The Labute approximate surface area is 318 Å². The Balaban J connectivity index is 0.00000339. The van der Waals surface area contributed by atoms with Crippen molar-refractivity contribution in [1.29, 1.82) is 0 Å². The monoisotopic (exact) mass is 789 g/mol. The van der Waals surface area contributed by atoms with Crippen LogP contribution in [0.1, 0.15) is 67.4 Å². The smallest absolute Gasteiger partial charge is 0.407 e. The highest BCUT2D eigenvalue weighted by molar-refractivity contribution is 7.89. The molecule has 1 aliphatic heterocycles. The van der Waals surface area contributed by atoms with Crippen molar-refractivity contribution < 1.29 is 50.9 Å². The second-order valence-electron chi connectivity index (χ2n) is 11.9. The molecule has 0 radical (unpaired) electrons. The molecule has 1 saturated heterocycles. The molecule has 53 heavy (non-hydrogen) atoms. The largest absolute Gasteiger partial charge is 0.481 e. The third kappa shape index (κ3) is 15.1. The van der Waals surface area contributed by atoms with Gasteiger partial charge in [-0.3, -0.25) is 4.57 Å². The fourth-order valence-electron chi connectivity index (χ4n) is 5.29. The zero-order valence-electron chi connectivity index (χ0n) is 33.4. The molecule has 1 aliphatic rings. The van der Waals surface area contributed by atoms with Crippen molar-refractivity contribution in [3.63, 3.8) is 0 Å². The molecule has 14 nitrogen and oxygen atoms in total. The van der Waals surface area contributed by atoms with Crippen LogP contribution in [0.15, 0.2) is 53.4 Å². The van der Waals surface area contributed by atoms with Crippen LogP contribution in [-0.2, 0) is 44.3 Å². The van der Waals surface area contributed by atoms with Gasteiger partial charge in [0.15, 0.2) is 12.6 Å². The van der Waals surface area contributed by atoms with Crippen LogP contribution in [0.2, 0.25) is 0 Å². The van der Waals surface area contributed by atoms with Gasteiger partial charge in [-0.25, -0.2) is 13.2 Å². The lowest BCUT2D eigenvalue weighted by Gasteiger charge is -2.30. The fourth-order valence-corrected chi connectivity index (χ4v) is 8.16. The first-order chi connectivity index (χ1) is 25.3. The summed E-state index contributed by atoms with van der Waals surface area (Å²) in [4.78, 5) is 15.0. The van der Waals surface area contributed by atoms with Gasteiger partial charge in [-0.15, -0.1) is 0 Å². The first-order valence-corrected chi connectivity index (χ1v) is 21.6. The molecule has 2 aromatic rings. The number of aliphatic hydroxyl groups is 1. The molecule has 1 fully saturated rings. The van der Waals surface area contributed by atoms with E-state index in [9.17, 15) is 22.9 Å². The van der Waals surface area contributed by atoms with Gasteiger partial charge in [0.05, 0.1) is 36.9 Å². The normalized spacial score (nSPS) is 18.2. The number of amides is 1. The Morgan fingerprint density at radius 1 is 1.00 bits per heavy atom. The van der Waals surface area contributed by atoms with Gasteiger partial charge in [0.2, 0.25) is 10.0 Å². The second kappa shape index (κ2) is 24.6. The zero-order chi connectivity index (χ0) is 40.2. The van der Waals surface area contributed by atoms with E-state index in [2.05, 4.69) is 5.32 Å². The van der Waals surface area contributed by atoms with Gasteiger partial charge < -0.3 is 43.3 Å². The summed E-state index contributed by atoms with van der Waals surface area (Å²) in [7, 11) is -2.19. The minimum absolute atomic E-state index is 0.0237. The summed E-state index contributed by atoms with van der Waals surface area (Å²) in [6.45, 7) is 15.4. The van der Waals surface area contributed by atoms with Crippen LogP contribution in [-0.4, -0.2) is 109 Å². The summed E-state index contributed by atoms with van der Waals surface area (Å²) in [5, 5.41) is 14.3. The van der Waals surface area contributed by atoms with Gasteiger partial charge in [-0.1, -0.05) is 53.7 Å². The average Bonchev–Trinajstić information content (AvgIpc) is 3.50. The first-order valence-electron chi connectivity index (χ1n) is 18.4. The van der Waals surface area contributed by atoms with Crippen LogP contribution in [0.5, 0.6) is 5.75 Å². The number of nitrogens with zero attached hydrogens (tertiary/aromatic N) is 2. The van der Waals surface area contributed by atoms with E-state index in [1.807, 2.05) is 84.8 Å². The highest BCUT2D eigenvalue weighted by Crippen LogP contribution is 2.47. The third-order valence-electron chi connectivity index (χ3n) is 7.97. The quantitative estimate of drug-likeness (QED) is 0.140. The summed E-state index contributed by atoms with van der Waals surface area (Å²) < 4.78 is 74.1. The van der Waals surface area contributed by atoms with Crippen LogP contribution in [0.4, 0.5) is 10.5 Å². The maximum atomic E-state index is 13.8. The van der Waals surface area contributed by atoms with E-state index in [-0.39, 0.29) is 62.2 Å². The van der Waals surface area contributed by atoms with E-state index in [1.54, 1.807) is 13.8 Å². The molecule has 2 aromatic carbocycles. The Hall–Kier alpha value is -2.75. The fraction of sp³-hybridized carbons (Fsp3) is 0.649. The molecule has 0 aliphatic carbocycles. The van der Waals surface area contributed by atoms with Crippen LogP contribution in [0.25, 0.3) is 0 Å². The van der Waals surface area contributed by atoms with Gasteiger partial charge in [0, 0.05) is 45.9 Å². The number of carbonyl (C=O) groups excluding carboxylic acids is 1. The number of alkyl carbamates (subject to hydrolysis) is 1. The van der Waals surface area contributed by atoms with Crippen molar-refractivity contribution in [1.82, 2.24) is 9.62 Å². The molecule has 3 rings (SSSR count). The van der Waals surface area contributed by atoms with Gasteiger partial charge in [-0.2, -0.15) is 4.31 Å². The number of rotatable bonds is 20. The van der Waals surface area contributed by atoms with Crippen molar-refractivity contribution in [3.05, 3.63) is 54.1 Å². The summed E-state index contributed by atoms with van der Waals surface area (Å²) in [6.07, 6.45) is -2.77. The molecule has 5 atom stereocenters. The number of benzene rings is 2. The van der Waals surface area contributed by atoms with Gasteiger partial charge in [0.1, 0.15) is 11.9 Å². The van der Waals surface area contributed by atoms with Crippen LogP contribution >= 0.6 is 7.60 Å².